The summed E-state index contributed by atoms with van der Waals surface area (Å²) in [5.74, 6) is 0. The van der Waals surface area contributed by atoms with Gasteiger partial charge in [-0.05, 0) is 75.4 Å². The summed E-state index contributed by atoms with van der Waals surface area (Å²) in [4.78, 5) is 2.54. The number of fused-ring (bicyclic) bond motifs is 1. The maximum atomic E-state index is 3.62. The zero-order valence-electron chi connectivity index (χ0n) is 12.1. The molecule has 0 radical (unpaired) electrons. The van der Waals surface area contributed by atoms with Crippen molar-refractivity contribution in [3.05, 3.63) is 29.3 Å². The third-order valence-electron chi connectivity index (χ3n) is 4.83. The van der Waals surface area contributed by atoms with E-state index in [-0.39, 0.29) is 0 Å². The van der Waals surface area contributed by atoms with Gasteiger partial charge in [-0.3, -0.25) is 0 Å². The van der Waals surface area contributed by atoms with Gasteiger partial charge in [0.1, 0.15) is 0 Å². The lowest BCUT2D eigenvalue weighted by molar-refractivity contribution is 0.179. The Morgan fingerprint density at radius 2 is 2.05 bits per heavy atom. The minimum Gasteiger partial charge on any atom is -0.385 e. The largest absolute Gasteiger partial charge is 0.385 e. The molecule has 0 bridgehead atoms. The standard InChI is InChI=1S/C17H26N2/c1-19-12-3-2-7-17(19)10-11-18-16-9-8-14-5-4-6-15(14)13-16/h8-9,13,17-18H,2-7,10-12H2,1H3. The molecule has 1 aliphatic carbocycles. The van der Waals surface area contributed by atoms with E-state index in [0.29, 0.717) is 0 Å². The predicted molar refractivity (Wildman–Crippen MR) is 81.8 cm³/mol. The Hall–Kier alpha value is -1.02. The molecule has 2 nitrogen and oxygen atoms in total. The van der Waals surface area contributed by atoms with Crippen LogP contribution in [0.4, 0.5) is 5.69 Å². The van der Waals surface area contributed by atoms with Gasteiger partial charge in [-0.25, -0.2) is 0 Å². The van der Waals surface area contributed by atoms with Gasteiger partial charge in [0.05, 0.1) is 0 Å². The Bertz CT molecular complexity index is 427. The normalized spacial score (nSPS) is 23.3. The lowest BCUT2D eigenvalue weighted by atomic mass is 10.00. The van der Waals surface area contributed by atoms with Crippen molar-refractivity contribution in [2.45, 2.75) is 51.0 Å². The molecule has 0 amide bonds. The molecule has 1 N–H and O–H groups in total. The summed E-state index contributed by atoms with van der Waals surface area (Å²) in [6, 6.07) is 7.73. The Kier molecular flexibility index (Phi) is 4.07. The summed E-state index contributed by atoms with van der Waals surface area (Å²) in [5.41, 5.74) is 4.46. The molecule has 1 saturated heterocycles. The van der Waals surface area contributed by atoms with Crippen molar-refractivity contribution in [1.82, 2.24) is 4.90 Å². The maximum absolute atomic E-state index is 3.62. The summed E-state index contributed by atoms with van der Waals surface area (Å²) in [7, 11) is 2.28. The number of hydrogen-bond acceptors (Lipinski definition) is 2. The monoisotopic (exact) mass is 258 g/mol. The van der Waals surface area contributed by atoms with Gasteiger partial charge in [0.25, 0.3) is 0 Å². The molecule has 19 heavy (non-hydrogen) atoms. The number of piperidine rings is 1. The van der Waals surface area contributed by atoms with Gasteiger partial charge >= 0.3 is 0 Å². The second-order valence-electron chi connectivity index (χ2n) is 6.18. The minimum atomic E-state index is 0.788. The summed E-state index contributed by atoms with van der Waals surface area (Å²) in [6.45, 7) is 2.39. The van der Waals surface area contributed by atoms with E-state index in [1.807, 2.05) is 0 Å². The second-order valence-corrected chi connectivity index (χ2v) is 6.18. The van der Waals surface area contributed by atoms with Crippen molar-refractivity contribution < 1.29 is 0 Å². The fraction of sp³-hybridized carbons (Fsp3) is 0.647. The van der Waals surface area contributed by atoms with Gasteiger partial charge in [-0.2, -0.15) is 0 Å². The van der Waals surface area contributed by atoms with Gasteiger partial charge in [0.2, 0.25) is 0 Å². The fourth-order valence-corrected chi connectivity index (χ4v) is 3.57. The topological polar surface area (TPSA) is 15.3 Å². The van der Waals surface area contributed by atoms with E-state index in [2.05, 4.69) is 35.5 Å². The quantitative estimate of drug-likeness (QED) is 0.889. The Balaban J connectivity index is 1.49. The predicted octanol–water partition coefficient (Wildman–Crippen LogP) is 3.46. The molecule has 1 fully saturated rings. The SMILES string of the molecule is CN1CCCCC1CCNc1ccc2c(c1)CCC2. The third-order valence-corrected chi connectivity index (χ3v) is 4.83. The van der Waals surface area contributed by atoms with Crippen LogP contribution in [0.3, 0.4) is 0 Å². The van der Waals surface area contributed by atoms with Crippen molar-refractivity contribution in [1.29, 1.82) is 0 Å². The van der Waals surface area contributed by atoms with Crippen LogP contribution in [0.5, 0.6) is 0 Å². The van der Waals surface area contributed by atoms with Crippen LogP contribution >= 0.6 is 0 Å². The van der Waals surface area contributed by atoms with Crippen LogP contribution in [-0.2, 0) is 12.8 Å². The highest BCUT2D eigenvalue weighted by Gasteiger charge is 2.18. The average Bonchev–Trinajstić information content (AvgIpc) is 2.88. The highest BCUT2D eigenvalue weighted by atomic mass is 15.1. The molecular formula is C17H26N2. The number of aryl methyl sites for hydroxylation is 2. The van der Waals surface area contributed by atoms with Crippen molar-refractivity contribution in [3.8, 4) is 0 Å². The van der Waals surface area contributed by atoms with Crippen molar-refractivity contribution >= 4 is 5.69 Å². The van der Waals surface area contributed by atoms with Crippen LogP contribution < -0.4 is 5.32 Å². The van der Waals surface area contributed by atoms with Gasteiger partial charge in [0, 0.05) is 18.3 Å². The van der Waals surface area contributed by atoms with E-state index in [4.69, 9.17) is 0 Å². The van der Waals surface area contributed by atoms with E-state index in [1.165, 1.54) is 57.2 Å². The first-order valence-corrected chi connectivity index (χ1v) is 7.89. The lowest BCUT2D eigenvalue weighted by Gasteiger charge is -2.32. The molecule has 1 unspecified atom stereocenters. The van der Waals surface area contributed by atoms with Crippen LogP contribution in [-0.4, -0.2) is 31.1 Å². The van der Waals surface area contributed by atoms with E-state index in [0.717, 1.165) is 12.6 Å². The van der Waals surface area contributed by atoms with Gasteiger partial charge < -0.3 is 10.2 Å². The number of rotatable bonds is 4. The second kappa shape index (κ2) is 5.96. The molecule has 104 valence electrons. The highest BCUT2D eigenvalue weighted by molar-refractivity contribution is 5.50. The first kappa shape index (κ1) is 13.0. The minimum absolute atomic E-state index is 0.788. The molecule has 1 aliphatic heterocycles. The molecule has 2 heteroatoms. The molecule has 2 aliphatic rings. The zero-order chi connectivity index (χ0) is 13.1. The van der Waals surface area contributed by atoms with E-state index in [9.17, 15) is 0 Å². The summed E-state index contributed by atoms with van der Waals surface area (Å²) in [5, 5.41) is 3.62. The van der Waals surface area contributed by atoms with Crippen LogP contribution in [0.25, 0.3) is 0 Å². The van der Waals surface area contributed by atoms with Crippen molar-refractivity contribution in [3.63, 3.8) is 0 Å². The molecule has 1 atom stereocenters. The van der Waals surface area contributed by atoms with Crippen LogP contribution in [0.1, 0.15) is 43.2 Å². The number of nitrogens with one attached hydrogen (secondary N) is 1. The number of likely N-dealkylation sites (tertiary alicyclic amines) is 1. The summed E-state index contributed by atoms with van der Waals surface area (Å²) in [6.07, 6.45) is 9.33. The van der Waals surface area contributed by atoms with Crippen LogP contribution in [0, 0.1) is 0 Å². The van der Waals surface area contributed by atoms with Crippen molar-refractivity contribution in [2.24, 2.45) is 0 Å². The molecule has 1 aromatic rings. The van der Waals surface area contributed by atoms with Crippen LogP contribution in [0.2, 0.25) is 0 Å². The van der Waals surface area contributed by atoms with Crippen LogP contribution in [0.15, 0.2) is 18.2 Å². The van der Waals surface area contributed by atoms with E-state index < -0.39 is 0 Å². The first-order chi connectivity index (χ1) is 9.33. The number of benzene rings is 1. The van der Waals surface area contributed by atoms with Crippen molar-refractivity contribution in [2.75, 3.05) is 25.5 Å². The molecule has 0 spiro atoms. The smallest absolute Gasteiger partial charge is 0.0343 e. The fourth-order valence-electron chi connectivity index (χ4n) is 3.57. The first-order valence-electron chi connectivity index (χ1n) is 7.89. The number of nitrogens with zero attached hydrogens (tertiary/aromatic N) is 1. The van der Waals surface area contributed by atoms with Gasteiger partial charge in [0.15, 0.2) is 0 Å². The molecule has 1 aromatic carbocycles. The number of anilines is 1. The Morgan fingerprint density at radius 3 is 2.95 bits per heavy atom. The highest BCUT2D eigenvalue weighted by Crippen LogP contribution is 2.25. The molecule has 0 saturated carbocycles. The van der Waals surface area contributed by atoms with E-state index >= 15 is 0 Å². The Morgan fingerprint density at radius 1 is 1.16 bits per heavy atom. The maximum Gasteiger partial charge on any atom is 0.0343 e. The van der Waals surface area contributed by atoms with Gasteiger partial charge in [-0.1, -0.05) is 12.5 Å². The average molecular weight is 258 g/mol. The molecule has 0 aromatic heterocycles. The zero-order valence-corrected chi connectivity index (χ0v) is 12.1. The summed E-state index contributed by atoms with van der Waals surface area (Å²) < 4.78 is 0. The lowest BCUT2D eigenvalue weighted by Crippen LogP contribution is -2.37. The molecule has 1 heterocycles. The molecular weight excluding hydrogens is 232 g/mol. The van der Waals surface area contributed by atoms with Gasteiger partial charge in [-0.15, -0.1) is 0 Å². The third kappa shape index (κ3) is 3.11. The molecule has 3 rings (SSSR count). The summed E-state index contributed by atoms with van der Waals surface area (Å²) >= 11 is 0. The van der Waals surface area contributed by atoms with E-state index in [1.54, 1.807) is 11.1 Å². The number of hydrogen-bond donors (Lipinski definition) is 1. The Labute approximate surface area is 117 Å².